The summed E-state index contributed by atoms with van der Waals surface area (Å²) < 4.78 is 7.54. The van der Waals surface area contributed by atoms with Gasteiger partial charge in [-0.05, 0) is 12.1 Å². The van der Waals surface area contributed by atoms with Crippen LogP contribution >= 0.6 is 15.9 Å². The molecule has 0 N–H and O–H groups in total. The second kappa shape index (κ2) is 5.04. The van der Waals surface area contributed by atoms with Crippen molar-refractivity contribution in [2.45, 2.75) is 5.33 Å². The molecule has 0 fully saturated rings. The first kappa shape index (κ1) is 12.8. The molecule has 0 unspecified atom stereocenters. The maximum Gasteiger partial charge on any atom is 0.434 e. The molecular weight excluding hydrogens is 326 g/mol. The van der Waals surface area contributed by atoms with Crippen LogP contribution in [0.3, 0.4) is 0 Å². The summed E-state index contributed by atoms with van der Waals surface area (Å²) in [7, 11) is 1.31. The van der Waals surface area contributed by atoms with Crippen molar-refractivity contribution in [2.75, 3.05) is 7.11 Å². The summed E-state index contributed by atoms with van der Waals surface area (Å²) in [5.41, 5.74) is 2.95. The maximum atomic E-state index is 11.7. The fourth-order valence-electron chi connectivity index (χ4n) is 1.96. The number of hydrogen-bond donors (Lipinski definition) is 0. The third-order valence-electron chi connectivity index (χ3n) is 2.90. The molecule has 20 heavy (non-hydrogen) atoms. The summed E-state index contributed by atoms with van der Waals surface area (Å²) in [4.78, 5) is 11.7. The fourth-order valence-corrected chi connectivity index (χ4v) is 2.48. The van der Waals surface area contributed by atoms with Gasteiger partial charge in [-0.1, -0.05) is 33.3 Å². The Morgan fingerprint density at radius 3 is 2.95 bits per heavy atom. The van der Waals surface area contributed by atoms with E-state index in [1.165, 1.54) is 11.8 Å². The molecule has 0 radical (unpaired) electrons. The van der Waals surface area contributed by atoms with E-state index in [9.17, 15) is 4.79 Å². The Kier molecular flexibility index (Phi) is 3.23. The molecule has 0 amide bonds. The molecule has 2 aromatic heterocycles. The number of alkyl halides is 1. The maximum absolute atomic E-state index is 11.7. The Morgan fingerprint density at radius 1 is 1.40 bits per heavy atom. The summed E-state index contributed by atoms with van der Waals surface area (Å²) in [5, 5.41) is 12.7. The van der Waals surface area contributed by atoms with Crippen molar-refractivity contribution in [1.29, 1.82) is 0 Å². The molecule has 0 bridgehead atoms. The van der Waals surface area contributed by atoms with Crippen molar-refractivity contribution in [3.63, 3.8) is 0 Å². The third kappa shape index (κ3) is 1.88. The van der Waals surface area contributed by atoms with Gasteiger partial charge in [-0.25, -0.2) is 9.48 Å². The van der Waals surface area contributed by atoms with E-state index in [1.54, 1.807) is 10.9 Å². The van der Waals surface area contributed by atoms with Crippen LogP contribution in [0.5, 0.6) is 0 Å². The van der Waals surface area contributed by atoms with Crippen LogP contribution in [0, 0.1) is 0 Å². The van der Waals surface area contributed by atoms with Gasteiger partial charge in [-0.3, -0.25) is 0 Å². The molecule has 2 heterocycles. The Balaban J connectivity index is 2.20. The smallest absolute Gasteiger partial charge is 0.434 e. The highest BCUT2D eigenvalue weighted by Crippen LogP contribution is 2.21. The van der Waals surface area contributed by atoms with E-state index < -0.39 is 6.09 Å². The van der Waals surface area contributed by atoms with Crippen LogP contribution in [0.15, 0.2) is 30.5 Å². The van der Waals surface area contributed by atoms with Gasteiger partial charge in [0.25, 0.3) is 0 Å². The SMILES string of the molecule is COC(=O)n1ncc(-n2nnc3ccccc32)c1CBr. The Hall–Kier alpha value is -2.22. The van der Waals surface area contributed by atoms with Crippen LogP contribution in [0.25, 0.3) is 16.7 Å². The number of ether oxygens (including phenoxy) is 1. The number of carbonyl (C=O) groups excluding carboxylic acids is 1. The van der Waals surface area contributed by atoms with Gasteiger partial charge in [0.2, 0.25) is 0 Å². The summed E-state index contributed by atoms with van der Waals surface area (Å²) >= 11 is 3.36. The van der Waals surface area contributed by atoms with Crippen LogP contribution < -0.4 is 0 Å². The van der Waals surface area contributed by atoms with Crippen molar-refractivity contribution in [3.05, 3.63) is 36.2 Å². The highest BCUT2D eigenvalue weighted by Gasteiger charge is 2.19. The Morgan fingerprint density at radius 2 is 2.20 bits per heavy atom. The van der Waals surface area contributed by atoms with E-state index in [2.05, 4.69) is 31.3 Å². The van der Waals surface area contributed by atoms with Crippen LogP contribution in [0.1, 0.15) is 5.69 Å². The van der Waals surface area contributed by atoms with Gasteiger partial charge in [-0.2, -0.15) is 9.78 Å². The number of rotatable bonds is 2. The number of carbonyl (C=O) groups is 1. The molecule has 0 aliphatic rings. The van der Waals surface area contributed by atoms with Crippen molar-refractivity contribution >= 4 is 33.1 Å². The minimum Gasteiger partial charge on any atom is -0.451 e. The van der Waals surface area contributed by atoms with Crippen LogP contribution in [-0.2, 0) is 10.1 Å². The van der Waals surface area contributed by atoms with Gasteiger partial charge in [0.15, 0.2) is 0 Å². The Bertz CT molecular complexity index is 779. The largest absolute Gasteiger partial charge is 0.451 e. The van der Waals surface area contributed by atoms with E-state index in [1.807, 2.05) is 24.3 Å². The van der Waals surface area contributed by atoms with Crippen molar-refractivity contribution < 1.29 is 9.53 Å². The number of aromatic nitrogens is 5. The summed E-state index contributed by atoms with van der Waals surface area (Å²) in [6, 6.07) is 7.57. The third-order valence-corrected chi connectivity index (χ3v) is 3.43. The number of nitrogens with zero attached hydrogens (tertiary/aromatic N) is 5. The number of benzene rings is 1. The molecule has 8 heteroatoms. The molecule has 3 aromatic rings. The quantitative estimate of drug-likeness (QED) is 0.670. The summed E-state index contributed by atoms with van der Waals surface area (Å²) in [6.45, 7) is 0. The van der Waals surface area contributed by atoms with Gasteiger partial charge in [0, 0.05) is 5.33 Å². The van der Waals surface area contributed by atoms with Crippen LogP contribution in [-0.4, -0.2) is 38.0 Å². The lowest BCUT2D eigenvalue weighted by atomic mass is 10.3. The second-order valence-corrected chi connectivity index (χ2v) is 4.54. The second-order valence-electron chi connectivity index (χ2n) is 3.98. The minimum absolute atomic E-state index is 0.436. The first-order chi connectivity index (χ1) is 9.76. The number of fused-ring (bicyclic) bond motifs is 1. The van der Waals surface area contributed by atoms with Gasteiger partial charge < -0.3 is 4.74 Å². The topological polar surface area (TPSA) is 74.8 Å². The minimum atomic E-state index is -0.546. The van der Waals surface area contributed by atoms with E-state index in [0.29, 0.717) is 16.7 Å². The summed E-state index contributed by atoms with van der Waals surface area (Å²) in [5.74, 6) is 0. The molecule has 3 rings (SSSR count). The lowest BCUT2D eigenvalue weighted by molar-refractivity contribution is 0.168. The Labute approximate surface area is 122 Å². The van der Waals surface area contributed by atoms with E-state index in [-0.39, 0.29) is 0 Å². The van der Waals surface area contributed by atoms with Crippen LogP contribution in [0.2, 0.25) is 0 Å². The van der Waals surface area contributed by atoms with Gasteiger partial charge in [0.05, 0.1) is 24.5 Å². The monoisotopic (exact) mass is 335 g/mol. The van der Waals surface area contributed by atoms with Crippen molar-refractivity contribution in [1.82, 2.24) is 24.8 Å². The zero-order valence-electron chi connectivity index (χ0n) is 10.5. The van der Waals surface area contributed by atoms with E-state index in [0.717, 1.165) is 11.0 Å². The number of para-hydroxylation sites is 1. The normalized spacial score (nSPS) is 10.9. The summed E-state index contributed by atoms with van der Waals surface area (Å²) in [6.07, 6.45) is 1.02. The van der Waals surface area contributed by atoms with Crippen molar-refractivity contribution in [2.24, 2.45) is 0 Å². The molecule has 0 atom stereocenters. The van der Waals surface area contributed by atoms with Gasteiger partial charge in [0.1, 0.15) is 11.2 Å². The molecule has 0 aliphatic heterocycles. The fraction of sp³-hybridized carbons (Fsp3) is 0.167. The molecule has 7 nitrogen and oxygen atoms in total. The molecule has 102 valence electrons. The van der Waals surface area contributed by atoms with Crippen molar-refractivity contribution in [3.8, 4) is 5.69 Å². The molecule has 1 aromatic carbocycles. The van der Waals surface area contributed by atoms with Gasteiger partial charge >= 0.3 is 6.09 Å². The predicted molar refractivity (Wildman–Crippen MR) is 75.1 cm³/mol. The number of methoxy groups -OCH3 is 1. The lowest BCUT2D eigenvalue weighted by Crippen LogP contribution is -2.16. The zero-order chi connectivity index (χ0) is 14.1. The molecule has 0 aliphatic carbocycles. The first-order valence-electron chi connectivity index (χ1n) is 5.78. The number of halogens is 1. The highest BCUT2D eigenvalue weighted by molar-refractivity contribution is 9.08. The molecule has 0 saturated heterocycles. The predicted octanol–water partition coefficient (Wildman–Crippen LogP) is 2.13. The van der Waals surface area contributed by atoms with Crippen LogP contribution in [0.4, 0.5) is 4.79 Å². The number of hydrogen-bond acceptors (Lipinski definition) is 5. The standard InChI is InChI=1S/C12H10BrN5O2/c1-20-12(19)18-10(6-13)11(7-14-18)17-9-5-3-2-4-8(9)15-16-17/h2-5,7H,6H2,1H3. The van der Waals surface area contributed by atoms with E-state index >= 15 is 0 Å². The van der Waals surface area contributed by atoms with E-state index in [4.69, 9.17) is 4.74 Å². The average molecular weight is 336 g/mol. The molecular formula is C12H10BrN5O2. The molecule has 0 saturated carbocycles. The van der Waals surface area contributed by atoms with Gasteiger partial charge in [-0.15, -0.1) is 5.10 Å². The molecule has 0 spiro atoms. The highest BCUT2D eigenvalue weighted by atomic mass is 79.9. The zero-order valence-corrected chi connectivity index (χ0v) is 12.1. The lowest BCUT2D eigenvalue weighted by Gasteiger charge is -2.04. The first-order valence-corrected chi connectivity index (χ1v) is 6.90. The average Bonchev–Trinajstić information content (AvgIpc) is 3.09.